The minimum absolute atomic E-state index is 0.140. The molecule has 1 aromatic heterocycles. The zero-order chi connectivity index (χ0) is 20.9. The van der Waals surface area contributed by atoms with Crippen LogP contribution in [0.25, 0.3) is 16.8 Å². The minimum atomic E-state index is -0.262. The van der Waals surface area contributed by atoms with Gasteiger partial charge in [0.15, 0.2) is 0 Å². The van der Waals surface area contributed by atoms with Crippen molar-refractivity contribution in [3.8, 4) is 0 Å². The van der Waals surface area contributed by atoms with Gasteiger partial charge in [-0.15, -0.1) is 0 Å². The maximum Gasteiger partial charge on any atom is 0.248 e. The molecule has 1 fully saturated rings. The van der Waals surface area contributed by atoms with Crippen LogP contribution in [0.15, 0.2) is 66.9 Å². The number of nitrogens with one attached hydrogen (secondary N) is 1. The largest absolute Gasteiger partial charge is 0.369 e. The molecule has 0 radical (unpaired) electrons. The van der Waals surface area contributed by atoms with Crippen LogP contribution < -0.4 is 16.0 Å². The number of anilines is 2. The van der Waals surface area contributed by atoms with Gasteiger partial charge in [-0.25, -0.2) is 4.98 Å². The number of rotatable bonds is 5. The molecule has 1 unspecified atom stereocenters. The summed E-state index contributed by atoms with van der Waals surface area (Å²) in [6, 6.07) is 17.8. The van der Waals surface area contributed by atoms with E-state index in [0.717, 1.165) is 41.5 Å². The number of carbonyl (C=O) groups excluding carboxylic acids is 2. The number of benzene rings is 2. The van der Waals surface area contributed by atoms with Crippen LogP contribution in [0.1, 0.15) is 18.4 Å². The van der Waals surface area contributed by atoms with Crippen LogP contribution in [0, 0.1) is 5.92 Å². The second-order valence-electron chi connectivity index (χ2n) is 7.48. The minimum Gasteiger partial charge on any atom is -0.369 e. The van der Waals surface area contributed by atoms with Crippen LogP contribution in [-0.2, 0) is 9.59 Å². The first-order valence-electron chi connectivity index (χ1n) is 10.1. The highest BCUT2D eigenvalue weighted by Gasteiger charge is 2.24. The van der Waals surface area contributed by atoms with Gasteiger partial charge in [-0.05, 0) is 47.4 Å². The normalized spacial score (nSPS) is 16.7. The lowest BCUT2D eigenvalue weighted by atomic mass is 9.97. The Balaban J connectivity index is 1.40. The summed E-state index contributed by atoms with van der Waals surface area (Å²) < 4.78 is 0. The molecule has 0 spiro atoms. The smallest absolute Gasteiger partial charge is 0.248 e. The Bertz CT molecular complexity index is 1090. The third-order valence-corrected chi connectivity index (χ3v) is 5.40. The van der Waals surface area contributed by atoms with Crippen LogP contribution in [0.5, 0.6) is 0 Å². The first-order valence-corrected chi connectivity index (χ1v) is 10.1. The zero-order valence-electron chi connectivity index (χ0n) is 16.6. The van der Waals surface area contributed by atoms with Gasteiger partial charge in [0.05, 0.1) is 17.8 Å². The molecule has 6 nitrogen and oxygen atoms in total. The molecule has 1 aliphatic rings. The molecule has 2 aromatic carbocycles. The summed E-state index contributed by atoms with van der Waals surface area (Å²) in [5.41, 5.74) is 7.06. The van der Waals surface area contributed by atoms with Crippen molar-refractivity contribution in [1.82, 2.24) is 4.98 Å². The number of nitrogens with two attached hydrogens (primary N) is 1. The highest BCUT2D eigenvalue weighted by atomic mass is 16.1. The summed E-state index contributed by atoms with van der Waals surface area (Å²) in [5, 5.41) is 5.07. The van der Waals surface area contributed by atoms with Crippen molar-refractivity contribution in [1.29, 1.82) is 0 Å². The summed E-state index contributed by atoms with van der Waals surface area (Å²) in [4.78, 5) is 30.3. The van der Waals surface area contributed by atoms with Gasteiger partial charge in [-0.1, -0.05) is 42.5 Å². The molecule has 1 aliphatic heterocycles. The molecule has 0 bridgehead atoms. The van der Waals surface area contributed by atoms with E-state index in [-0.39, 0.29) is 17.7 Å². The molecule has 3 aromatic rings. The van der Waals surface area contributed by atoms with Gasteiger partial charge in [0.25, 0.3) is 0 Å². The number of fused-ring (bicyclic) bond motifs is 1. The molecule has 2 heterocycles. The number of amides is 2. The fourth-order valence-electron chi connectivity index (χ4n) is 3.81. The van der Waals surface area contributed by atoms with Crippen molar-refractivity contribution < 1.29 is 9.59 Å². The van der Waals surface area contributed by atoms with Crippen molar-refractivity contribution in [3.05, 3.63) is 72.4 Å². The van der Waals surface area contributed by atoms with Crippen LogP contribution in [0.2, 0.25) is 0 Å². The summed E-state index contributed by atoms with van der Waals surface area (Å²) >= 11 is 0. The van der Waals surface area contributed by atoms with Crippen molar-refractivity contribution in [2.75, 3.05) is 23.3 Å². The Morgan fingerprint density at radius 2 is 1.93 bits per heavy atom. The predicted octanol–water partition coefficient (Wildman–Crippen LogP) is 3.59. The quantitative estimate of drug-likeness (QED) is 0.641. The number of pyridine rings is 1. The van der Waals surface area contributed by atoms with E-state index >= 15 is 0 Å². The zero-order valence-corrected chi connectivity index (χ0v) is 16.6. The highest BCUT2D eigenvalue weighted by molar-refractivity contribution is 6.03. The van der Waals surface area contributed by atoms with Crippen molar-refractivity contribution in [3.63, 3.8) is 0 Å². The number of primary amides is 1. The third kappa shape index (κ3) is 4.49. The average molecular weight is 400 g/mol. The standard InChI is InChI=1S/C24H24N4O2/c25-24(30)19-8-4-14-28(16-19)22-12-11-20(15-26-22)27-23(29)13-10-18-7-3-6-17-5-1-2-9-21(17)18/h1-3,5-7,9-13,15,19H,4,8,14,16H2,(H2,25,30)(H,27,29)/b13-10+. The summed E-state index contributed by atoms with van der Waals surface area (Å²) in [7, 11) is 0. The lowest BCUT2D eigenvalue weighted by molar-refractivity contribution is -0.122. The van der Waals surface area contributed by atoms with Gasteiger partial charge < -0.3 is 16.0 Å². The van der Waals surface area contributed by atoms with Crippen molar-refractivity contribution in [2.45, 2.75) is 12.8 Å². The van der Waals surface area contributed by atoms with Gasteiger partial charge >= 0.3 is 0 Å². The first-order chi connectivity index (χ1) is 14.6. The lowest BCUT2D eigenvalue weighted by Crippen LogP contribution is -2.41. The van der Waals surface area contributed by atoms with E-state index in [1.807, 2.05) is 60.7 Å². The fraction of sp³-hybridized carbons (Fsp3) is 0.208. The second kappa shape index (κ2) is 8.78. The highest BCUT2D eigenvalue weighted by Crippen LogP contribution is 2.23. The third-order valence-electron chi connectivity index (χ3n) is 5.40. The summed E-state index contributed by atoms with van der Waals surface area (Å²) in [6.07, 6.45) is 6.71. The van der Waals surface area contributed by atoms with E-state index < -0.39 is 0 Å². The van der Waals surface area contributed by atoms with E-state index in [9.17, 15) is 9.59 Å². The maximum absolute atomic E-state index is 12.3. The van der Waals surface area contributed by atoms with Gasteiger partial charge in [-0.2, -0.15) is 0 Å². The number of nitrogens with zero attached hydrogens (tertiary/aromatic N) is 2. The number of aromatic nitrogens is 1. The Hall–Kier alpha value is -3.67. The van der Waals surface area contributed by atoms with Crippen LogP contribution >= 0.6 is 0 Å². The molecule has 4 rings (SSSR count). The number of piperidine rings is 1. The molecule has 152 valence electrons. The predicted molar refractivity (Wildman–Crippen MR) is 120 cm³/mol. The first kappa shape index (κ1) is 19.6. The van der Waals surface area contributed by atoms with E-state index in [4.69, 9.17) is 5.73 Å². The fourth-order valence-corrected chi connectivity index (χ4v) is 3.81. The Labute approximate surface area is 175 Å². The lowest BCUT2D eigenvalue weighted by Gasteiger charge is -2.32. The Kier molecular flexibility index (Phi) is 5.75. The van der Waals surface area contributed by atoms with Gasteiger partial charge in [0.2, 0.25) is 11.8 Å². The van der Waals surface area contributed by atoms with Crippen LogP contribution in [-0.4, -0.2) is 29.9 Å². The molecule has 1 atom stereocenters. The summed E-state index contributed by atoms with van der Waals surface area (Å²) in [6.45, 7) is 1.43. The monoisotopic (exact) mass is 400 g/mol. The molecule has 6 heteroatoms. The molecule has 30 heavy (non-hydrogen) atoms. The topological polar surface area (TPSA) is 88.3 Å². The van der Waals surface area contributed by atoms with Crippen molar-refractivity contribution in [2.24, 2.45) is 11.7 Å². The van der Waals surface area contributed by atoms with Crippen molar-refractivity contribution >= 4 is 40.2 Å². The van der Waals surface area contributed by atoms with Crippen LogP contribution in [0.4, 0.5) is 11.5 Å². The van der Waals surface area contributed by atoms with E-state index in [1.54, 1.807) is 6.20 Å². The average Bonchev–Trinajstić information content (AvgIpc) is 2.78. The molecule has 0 saturated carbocycles. The van der Waals surface area contributed by atoms with Gasteiger partial charge in [-0.3, -0.25) is 9.59 Å². The molecule has 3 N–H and O–H groups in total. The number of hydrogen-bond donors (Lipinski definition) is 2. The number of carbonyl (C=O) groups is 2. The second-order valence-corrected chi connectivity index (χ2v) is 7.48. The molecule has 2 amide bonds. The van der Waals surface area contributed by atoms with Gasteiger partial charge in [0, 0.05) is 19.2 Å². The van der Waals surface area contributed by atoms with E-state index in [0.29, 0.717) is 12.2 Å². The Morgan fingerprint density at radius 1 is 1.10 bits per heavy atom. The van der Waals surface area contributed by atoms with E-state index in [2.05, 4.69) is 15.2 Å². The summed E-state index contributed by atoms with van der Waals surface area (Å²) in [5.74, 6) is 0.162. The number of hydrogen-bond acceptors (Lipinski definition) is 4. The Morgan fingerprint density at radius 3 is 2.73 bits per heavy atom. The molecule has 1 saturated heterocycles. The SMILES string of the molecule is NC(=O)C1CCCN(c2ccc(NC(=O)/C=C/c3cccc4ccccc34)cn2)C1. The maximum atomic E-state index is 12.3. The molecule has 0 aliphatic carbocycles. The van der Waals surface area contributed by atoms with Gasteiger partial charge in [0.1, 0.15) is 5.82 Å². The van der Waals surface area contributed by atoms with Crippen LogP contribution in [0.3, 0.4) is 0 Å². The molecular weight excluding hydrogens is 376 g/mol. The van der Waals surface area contributed by atoms with E-state index in [1.165, 1.54) is 6.08 Å². The molecular formula is C24H24N4O2.